The number of carboxylic acid groups (broad SMARTS) is 1. The van der Waals surface area contributed by atoms with Crippen molar-refractivity contribution in [2.45, 2.75) is 6.54 Å². The summed E-state index contributed by atoms with van der Waals surface area (Å²) in [7, 11) is -3.28. The molecule has 0 fully saturated rings. The van der Waals surface area contributed by atoms with Gasteiger partial charge in [0.2, 0.25) is 10.0 Å². The van der Waals surface area contributed by atoms with Crippen LogP contribution in [-0.2, 0) is 16.6 Å². The largest absolute Gasteiger partial charge is 0.477 e. The smallest absolute Gasteiger partial charge is 0.343 e. The van der Waals surface area contributed by atoms with E-state index >= 15 is 0 Å². The number of sulfonamides is 1. The standard InChI is InChI=1S/C11H15N3O6S/c1-21(19,20)13-6-5-12-7-8-3-2-4-9(14(17)18)10(8)11(15)16/h2-4,12-13H,5-7H2,1H3,(H,15,16). The third kappa shape index (κ3) is 5.45. The molecule has 0 heterocycles. The Hall–Kier alpha value is -2.04. The number of hydrogen-bond acceptors (Lipinski definition) is 6. The van der Waals surface area contributed by atoms with Crippen LogP contribution in [0, 0.1) is 10.1 Å². The Morgan fingerprint density at radius 1 is 1.38 bits per heavy atom. The minimum atomic E-state index is -3.28. The molecule has 0 radical (unpaired) electrons. The summed E-state index contributed by atoms with van der Waals surface area (Å²) in [6.07, 6.45) is 1.02. The maximum Gasteiger partial charge on any atom is 0.343 e. The average Bonchev–Trinajstić information content (AvgIpc) is 2.36. The van der Waals surface area contributed by atoms with E-state index in [0.29, 0.717) is 0 Å². The van der Waals surface area contributed by atoms with Gasteiger partial charge in [0.15, 0.2) is 0 Å². The molecule has 21 heavy (non-hydrogen) atoms. The van der Waals surface area contributed by atoms with Crippen LogP contribution in [0.5, 0.6) is 0 Å². The molecule has 3 N–H and O–H groups in total. The normalized spacial score (nSPS) is 11.3. The number of rotatable bonds is 8. The Balaban J connectivity index is 2.73. The third-order valence-corrected chi connectivity index (χ3v) is 3.25. The van der Waals surface area contributed by atoms with E-state index in [-0.39, 0.29) is 30.8 Å². The number of benzene rings is 1. The quantitative estimate of drug-likeness (QED) is 0.346. The number of hydrogen-bond donors (Lipinski definition) is 3. The topological polar surface area (TPSA) is 139 Å². The Kier molecular flexibility index (Phi) is 5.76. The van der Waals surface area contributed by atoms with Crippen molar-refractivity contribution in [2.75, 3.05) is 19.3 Å². The molecule has 0 saturated heterocycles. The van der Waals surface area contributed by atoms with Crippen LogP contribution in [0.25, 0.3) is 0 Å². The van der Waals surface area contributed by atoms with Gasteiger partial charge in [0.1, 0.15) is 5.56 Å². The first kappa shape index (κ1) is 17.0. The fourth-order valence-electron chi connectivity index (χ4n) is 1.68. The number of carboxylic acids is 1. The van der Waals surface area contributed by atoms with Gasteiger partial charge in [-0.3, -0.25) is 10.1 Å². The maximum atomic E-state index is 11.1. The van der Waals surface area contributed by atoms with Gasteiger partial charge in [-0.1, -0.05) is 12.1 Å². The highest BCUT2D eigenvalue weighted by Gasteiger charge is 2.22. The van der Waals surface area contributed by atoms with Crippen molar-refractivity contribution in [3.05, 3.63) is 39.4 Å². The van der Waals surface area contributed by atoms with Crippen molar-refractivity contribution < 1.29 is 23.2 Å². The number of aromatic carboxylic acids is 1. The lowest BCUT2D eigenvalue weighted by Gasteiger charge is -2.08. The Bertz CT molecular complexity index is 643. The minimum Gasteiger partial charge on any atom is -0.477 e. The van der Waals surface area contributed by atoms with Gasteiger partial charge in [-0.25, -0.2) is 17.9 Å². The van der Waals surface area contributed by atoms with E-state index in [2.05, 4.69) is 10.0 Å². The fourth-order valence-corrected chi connectivity index (χ4v) is 2.15. The highest BCUT2D eigenvalue weighted by Crippen LogP contribution is 2.22. The number of nitrogens with one attached hydrogen (secondary N) is 2. The number of carbonyl (C=O) groups is 1. The lowest BCUT2D eigenvalue weighted by atomic mass is 10.1. The summed E-state index contributed by atoms with van der Waals surface area (Å²) < 4.78 is 23.9. The van der Waals surface area contributed by atoms with Crippen molar-refractivity contribution in [3.63, 3.8) is 0 Å². The van der Waals surface area contributed by atoms with E-state index in [1.807, 2.05) is 0 Å². The monoisotopic (exact) mass is 317 g/mol. The second kappa shape index (κ2) is 7.11. The second-order valence-corrected chi connectivity index (χ2v) is 6.05. The molecule has 1 aromatic carbocycles. The van der Waals surface area contributed by atoms with Crippen LogP contribution in [0.3, 0.4) is 0 Å². The molecule has 10 heteroatoms. The zero-order valence-corrected chi connectivity index (χ0v) is 12.0. The number of nitro groups is 1. The van der Waals surface area contributed by atoms with Gasteiger partial charge in [-0.2, -0.15) is 0 Å². The fraction of sp³-hybridized carbons (Fsp3) is 0.364. The van der Waals surface area contributed by atoms with Crippen molar-refractivity contribution >= 4 is 21.7 Å². The van der Waals surface area contributed by atoms with E-state index in [1.165, 1.54) is 12.1 Å². The zero-order valence-electron chi connectivity index (χ0n) is 11.2. The summed E-state index contributed by atoms with van der Waals surface area (Å²) in [5.41, 5.74) is -0.585. The van der Waals surface area contributed by atoms with E-state index < -0.39 is 26.6 Å². The number of nitro benzene ring substituents is 1. The summed E-state index contributed by atoms with van der Waals surface area (Å²) >= 11 is 0. The molecular formula is C11H15N3O6S. The molecule has 0 amide bonds. The maximum absolute atomic E-state index is 11.1. The Morgan fingerprint density at radius 2 is 2.05 bits per heavy atom. The average molecular weight is 317 g/mol. The van der Waals surface area contributed by atoms with Crippen molar-refractivity contribution in [3.8, 4) is 0 Å². The van der Waals surface area contributed by atoms with Gasteiger partial charge >= 0.3 is 5.97 Å². The van der Waals surface area contributed by atoms with E-state index in [9.17, 15) is 23.3 Å². The van der Waals surface area contributed by atoms with Crippen LogP contribution in [0.1, 0.15) is 15.9 Å². The third-order valence-electron chi connectivity index (χ3n) is 2.52. The molecule has 0 spiro atoms. The second-order valence-electron chi connectivity index (χ2n) is 4.22. The predicted molar refractivity (Wildman–Crippen MR) is 74.6 cm³/mol. The van der Waals surface area contributed by atoms with Crippen molar-refractivity contribution in [2.24, 2.45) is 0 Å². The van der Waals surface area contributed by atoms with E-state index in [1.54, 1.807) is 0 Å². The first-order chi connectivity index (χ1) is 9.72. The molecule has 0 atom stereocenters. The summed E-state index contributed by atoms with van der Waals surface area (Å²) in [4.78, 5) is 21.2. The van der Waals surface area contributed by atoms with Crippen LogP contribution < -0.4 is 10.0 Å². The SMILES string of the molecule is CS(=O)(=O)NCCNCc1cccc([N+](=O)[O-])c1C(=O)O. The van der Waals surface area contributed by atoms with Gasteiger partial charge in [0.05, 0.1) is 11.2 Å². The minimum absolute atomic E-state index is 0.0781. The molecule has 0 unspecified atom stereocenters. The van der Waals surface area contributed by atoms with Crippen LogP contribution in [0.4, 0.5) is 5.69 Å². The molecule has 0 aliphatic heterocycles. The van der Waals surface area contributed by atoms with Gasteiger partial charge in [0.25, 0.3) is 5.69 Å². The summed E-state index contributed by atoms with van der Waals surface area (Å²) in [6.45, 7) is 0.472. The lowest BCUT2D eigenvalue weighted by Crippen LogP contribution is -2.31. The molecule has 0 bridgehead atoms. The highest BCUT2D eigenvalue weighted by molar-refractivity contribution is 7.88. The highest BCUT2D eigenvalue weighted by atomic mass is 32.2. The first-order valence-corrected chi connectivity index (χ1v) is 7.76. The van der Waals surface area contributed by atoms with Crippen molar-refractivity contribution in [1.82, 2.24) is 10.0 Å². The molecule has 0 aliphatic rings. The predicted octanol–water partition coefficient (Wildman–Crippen LogP) is -0.0682. The van der Waals surface area contributed by atoms with Crippen LogP contribution in [0.15, 0.2) is 18.2 Å². The van der Waals surface area contributed by atoms with Crippen LogP contribution in [-0.4, -0.2) is 43.8 Å². The molecular weight excluding hydrogens is 302 g/mol. The van der Waals surface area contributed by atoms with Gasteiger partial charge in [0, 0.05) is 25.7 Å². The summed E-state index contributed by atoms with van der Waals surface area (Å²) in [5, 5.41) is 22.7. The molecule has 1 aromatic rings. The molecule has 0 saturated carbocycles. The lowest BCUT2D eigenvalue weighted by molar-refractivity contribution is -0.385. The Labute approximate surface area is 121 Å². The van der Waals surface area contributed by atoms with Crippen molar-refractivity contribution in [1.29, 1.82) is 0 Å². The molecule has 1 rings (SSSR count). The molecule has 0 aromatic heterocycles. The van der Waals surface area contributed by atoms with Gasteiger partial charge in [-0.15, -0.1) is 0 Å². The van der Waals surface area contributed by atoms with Gasteiger partial charge < -0.3 is 10.4 Å². The summed E-state index contributed by atoms with van der Waals surface area (Å²) in [5.74, 6) is -1.38. The summed E-state index contributed by atoms with van der Waals surface area (Å²) in [6, 6.07) is 3.99. The number of nitrogens with zero attached hydrogens (tertiary/aromatic N) is 1. The van der Waals surface area contributed by atoms with Crippen LogP contribution in [0.2, 0.25) is 0 Å². The molecule has 9 nitrogen and oxygen atoms in total. The zero-order chi connectivity index (χ0) is 16.0. The van der Waals surface area contributed by atoms with Gasteiger partial charge in [-0.05, 0) is 5.56 Å². The van der Waals surface area contributed by atoms with E-state index in [4.69, 9.17) is 5.11 Å². The molecule has 116 valence electrons. The first-order valence-electron chi connectivity index (χ1n) is 5.87. The molecule has 0 aliphatic carbocycles. The van der Waals surface area contributed by atoms with E-state index in [0.717, 1.165) is 12.3 Å². The Morgan fingerprint density at radius 3 is 2.57 bits per heavy atom. The van der Waals surface area contributed by atoms with Crippen LogP contribution >= 0.6 is 0 Å².